The van der Waals surface area contributed by atoms with E-state index < -0.39 is 11.7 Å². The maximum Gasteiger partial charge on any atom is 0.313 e. The van der Waals surface area contributed by atoms with Crippen LogP contribution >= 0.6 is 0 Å². The summed E-state index contributed by atoms with van der Waals surface area (Å²) in [6.45, 7) is 3.92. The second-order valence-electron chi connectivity index (χ2n) is 5.31. The minimum Gasteiger partial charge on any atom is -0.412 e. The van der Waals surface area contributed by atoms with Crippen molar-refractivity contribution < 1.29 is 13.6 Å². The van der Waals surface area contributed by atoms with Gasteiger partial charge in [0, 0.05) is 5.69 Å². The minimum absolute atomic E-state index is 0.0289. The minimum atomic E-state index is -0.519. The van der Waals surface area contributed by atoms with Crippen molar-refractivity contribution in [3.8, 4) is 11.5 Å². The zero-order chi connectivity index (χ0) is 17.1. The number of anilines is 1. The van der Waals surface area contributed by atoms with E-state index >= 15 is 0 Å². The molecule has 2 aromatic carbocycles. The van der Waals surface area contributed by atoms with Crippen LogP contribution in [0.4, 0.5) is 10.1 Å². The van der Waals surface area contributed by atoms with Gasteiger partial charge in [-0.1, -0.05) is 37.3 Å². The lowest BCUT2D eigenvalue weighted by atomic mass is 10.1. The first-order valence-electron chi connectivity index (χ1n) is 7.58. The normalized spacial score (nSPS) is 10.6. The molecular formula is C18H16FN3O2. The number of carbonyl (C=O) groups is 1. The van der Waals surface area contributed by atoms with E-state index in [2.05, 4.69) is 15.5 Å². The first kappa shape index (κ1) is 15.9. The fraction of sp³-hybridized carbons (Fsp3) is 0.167. The third kappa shape index (κ3) is 3.03. The van der Waals surface area contributed by atoms with Crippen molar-refractivity contribution in [3.05, 3.63) is 65.3 Å². The van der Waals surface area contributed by atoms with Crippen LogP contribution in [-0.2, 0) is 6.42 Å². The van der Waals surface area contributed by atoms with Gasteiger partial charge in [-0.15, -0.1) is 10.2 Å². The van der Waals surface area contributed by atoms with E-state index in [1.54, 1.807) is 12.1 Å². The average Bonchev–Trinajstić information content (AvgIpc) is 3.07. The van der Waals surface area contributed by atoms with Gasteiger partial charge in [0.05, 0.1) is 5.56 Å². The molecule has 122 valence electrons. The van der Waals surface area contributed by atoms with E-state index in [1.807, 2.05) is 32.0 Å². The van der Waals surface area contributed by atoms with Crippen molar-refractivity contribution in [2.75, 3.05) is 5.32 Å². The zero-order valence-corrected chi connectivity index (χ0v) is 13.3. The molecule has 6 heteroatoms. The molecule has 0 aliphatic carbocycles. The Kier molecular flexibility index (Phi) is 4.37. The van der Waals surface area contributed by atoms with Gasteiger partial charge in [0.15, 0.2) is 0 Å². The summed E-state index contributed by atoms with van der Waals surface area (Å²) in [7, 11) is 0. The fourth-order valence-electron chi connectivity index (χ4n) is 2.43. The predicted octanol–water partition coefficient (Wildman–Crippen LogP) is 4.00. The van der Waals surface area contributed by atoms with Crippen LogP contribution in [-0.4, -0.2) is 16.1 Å². The number of halogens is 1. The molecule has 0 fully saturated rings. The average molecular weight is 325 g/mol. The van der Waals surface area contributed by atoms with Crippen molar-refractivity contribution in [2.24, 2.45) is 0 Å². The summed E-state index contributed by atoms with van der Waals surface area (Å²) < 4.78 is 19.1. The van der Waals surface area contributed by atoms with Crippen LogP contribution in [0.3, 0.4) is 0 Å². The van der Waals surface area contributed by atoms with Crippen LogP contribution in [0.15, 0.2) is 46.9 Å². The van der Waals surface area contributed by atoms with Gasteiger partial charge in [0.1, 0.15) is 5.82 Å². The van der Waals surface area contributed by atoms with Crippen LogP contribution in [0.2, 0.25) is 0 Å². The molecule has 3 rings (SSSR count). The number of benzene rings is 2. The second-order valence-corrected chi connectivity index (χ2v) is 5.31. The van der Waals surface area contributed by atoms with Gasteiger partial charge in [-0.05, 0) is 36.6 Å². The maximum absolute atomic E-state index is 13.8. The molecule has 0 saturated carbocycles. The van der Waals surface area contributed by atoms with Gasteiger partial charge < -0.3 is 9.73 Å². The Labute approximate surface area is 138 Å². The Bertz CT molecular complexity index is 889. The molecule has 1 aromatic heterocycles. The Balaban J connectivity index is 1.86. The summed E-state index contributed by atoms with van der Waals surface area (Å²) in [5.41, 5.74) is 2.85. The fourth-order valence-corrected chi connectivity index (χ4v) is 2.43. The van der Waals surface area contributed by atoms with E-state index in [1.165, 1.54) is 12.1 Å². The third-order valence-electron chi connectivity index (χ3n) is 3.70. The summed E-state index contributed by atoms with van der Waals surface area (Å²) in [4.78, 5) is 12.4. The molecule has 0 bridgehead atoms. The quantitative estimate of drug-likeness (QED) is 0.787. The van der Waals surface area contributed by atoms with E-state index in [4.69, 9.17) is 4.42 Å². The number of amides is 1. The van der Waals surface area contributed by atoms with E-state index in [0.717, 1.165) is 23.2 Å². The second kappa shape index (κ2) is 6.62. The zero-order valence-electron chi connectivity index (χ0n) is 13.3. The van der Waals surface area contributed by atoms with Crippen molar-refractivity contribution in [3.63, 3.8) is 0 Å². The summed E-state index contributed by atoms with van der Waals surface area (Å²) in [6.07, 6.45) is 0.779. The summed E-state index contributed by atoms with van der Waals surface area (Å²) in [5.74, 6) is -1.24. The number of hydrogen-bond acceptors (Lipinski definition) is 4. The van der Waals surface area contributed by atoms with Gasteiger partial charge >= 0.3 is 11.8 Å². The molecular weight excluding hydrogens is 309 g/mol. The lowest BCUT2D eigenvalue weighted by molar-refractivity contribution is 0.0990. The number of aryl methyl sites for hydroxylation is 2. The molecule has 24 heavy (non-hydrogen) atoms. The number of nitrogens with one attached hydrogen (secondary N) is 1. The van der Waals surface area contributed by atoms with E-state index in [-0.39, 0.29) is 17.3 Å². The highest BCUT2D eigenvalue weighted by atomic mass is 19.1. The first-order chi connectivity index (χ1) is 11.6. The molecule has 0 saturated heterocycles. The van der Waals surface area contributed by atoms with Crippen molar-refractivity contribution in [2.45, 2.75) is 20.3 Å². The molecule has 0 aliphatic heterocycles. The Morgan fingerprint density at radius 2 is 1.96 bits per heavy atom. The van der Waals surface area contributed by atoms with Gasteiger partial charge in [-0.3, -0.25) is 4.79 Å². The smallest absolute Gasteiger partial charge is 0.313 e. The maximum atomic E-state index is 13.8. The Morgan fingerprint density at radius 1 is 1.17 bits per heavy atom. The van der Waals surface area contributed by atoms with E-state index in [9.17, 15) is 9.18 Å². The standard InChI is InChI=1S/C18H16FN3O2/c1-3-12-8-6-7-11(2)15(12)20-16(23)18-22-21-17(24-18)13-9-4-5-10-14(13)19/h4-10H,3H2,1-2H3,(H,20,23). The first-order valence-corrected chi connectivity index (χ1v) is 7.58. The molecule has 0 atom stereocenters. The highest BCUT2D eigenvalue weighted by molar-refractivity contribution is 6.01. The monoisotopic (exact) mass is 325 g/mol. The lowest BCUT2D eigenvalue weighted by Crippen LogP contribution is -2.14. The number of nitrogens with zero attached hydrogens (tertiary/aromatic N) is 2. The Morgan fingerprint density at radius 3 is 2.71 bits per heavy atom. The summed E-state index contributed by atoms with van der Waals surface area (Å²) >= 11 is 0. The van der Waals surface area contributed by atoms with Crippen LogP contribution in [0.5, 0.6) is 0 Å². The van der Waals surface area contributed by atoms with Gasteiger partial charge in [0.25, 0.3) is 5.89 Å². The van der Waals surface area contributed by atoms with Crippen molar-refractivity contribution in [1.82, 2.24) is 10.2 Å². The number of carbonyl (C=O) groups excluding carboxylic acids is 1. The number of rotatable bonds is 4. The van der Waals surface area contributed by atoms with Gasteiger partial charge in [-0.25, -0.2) is 4.39 Å². The van der Waals surface area contributed by atoms with Crippen LogP contribution in [0, 0.1) is 12.7 Å². The predicted molar refractivity (Wildman–Crippen MR) is 88.2 cm³/mol. The van der Waals surface area contributed by atoms with Crippen LogP contribution in [0.25, 0.3) is 11.5 Å². The molecule has 0 aliphatic rings. The highest BCUT2D eigenvalue weighted by Crippen LogP contribution is 2.24. The SMILES string of the molecule is CCc1cccc(C)c1NC(=O)c1nnc(-c2ccccc2F)o1. The molecule has 1 heterocycles. The largest absolute Gasteiger partial charge is 0.412 e. The molecule has 0 spiro atoms. The van der Waals surface area contributed by atoms with Gasteiger partial charge in [0.2, 0.25) is 0 Å². The summed E-state index contributed by atoms with van der Waals surface area (Å²) in [6, 6.07) is 11.8. The molecule has 0 radical (unpaired) electrons. The molecule has 1 N–H and O–H groups in total. The molecule has 1 amide bonds. The summed E-state index contributed by atoms with van der Waals surface area (Å²) in [5, 5.41) is 10.3. The highest BCUT2D eigenvalue weighted by Gasteiger charge is 2.19. The lowest BCUT2D eigenvalue weighted by Gasteiger charge is -2.11. The number of para-hydroxylation sites is 1. The Hall–Kier alpha value is -3.02. The van der Waals surface area contributed by atoms with Crippen molar-refractivity contribution in [1.29, 1.82) is 0 Å². The molecule has 5 nitrogen and oxygen atoms in total. The number of hydrogen-bond donors (Lipinski definition) is 1. The third-order valence-corrected chi connectivity index (χ3v) is 3.70. The van der Waals surface area contributed by atoms with Crippen molar-refractivity contribution >= 4 is 11.6 Å². The number of aromatic nitrogens is 2. The molecule has 0 unspecified atom stereocenters. The van der Waals surface area contributed by atoms with Crippen LogP contribution < -0.4 is 5.32 Å². The topological polar surface area (TPSA) is 68.0 Å². The van der Waals surface area contributed by atoms with Gasteiger partial charge in [-0.2, -0.15) is 0 Å². The van der Waals surface area contributed by atoms with Crippen LogP contribution in [0.1, 0.15) is 28.7 Å². The molecule has 3 aromatic rings. The van der Waals surface area contributed by atoms with E-state index in [0.29, 0.717) is 0 Å².